The molecule has 0 spiro atoms. The maximum absolute atomic E-state index is 8.75. The van der Waals surface area contributed by atoms with E-state index in [-0.39, 0.29) is 6.61 Å². The van der Waals surface area contributed by atoms with E-state index in [9.17, 15) is 0 Å². The number of hydrogen-bond donors (Lipinski definition) is 2. The van der Waals surface area contributed by atoms with Crippen molar-refractivity contribution in [1.29, 1.82) is 0 Å². The zero-order chi connectivity index (χ0) is 12.1. The van der Waals surface area contributed by atoms with Crippen molar-refractivity contribution in [1.82, 2.24) is 19.7 Å². The van der Waals surface area contributed by atoms with Crippen LogP contribution in [0.5, 0.6) is 0 Å². The van der Waals surface area contributed by atoms with E-state index in [0.29, 0.717) is 17.3 Å². The van der Waals surface area contributed by atoms with Gasteiger partial charge in [0.1, 0.15) is 17.8 Å². The molecule has 90 valence electrons. The zero-order valence-electron chi connectivity index (χ0n) is 9.45. The van der Waals surface area contributed by atoms with Crippen LogP contribution in [0.2, 0.25) is 0 Å². The lowest BCUT2D eigenvalue weighted by molar-refractivity contribution is 0.281. The van der Waals surface area contributed by atoms with Crippen molar-refractivity contribution in [2.45, 2.75) is 19.4 Å². The molecule has 0 amide bonds. The van der Waals surface area contributed by atoms with E-state index < -0.39 is 0 Å². The summed E-state index contributed by atoms with van der Waals surface area (Å²) in [4.78, 5) is 4.21. The molecule has 0 aromatic carbocycles. The number of aliphatic hydroxyl groups is 1. The van der Waals surface area contributed by atoms with Gasteiger partial charge in [-0.1, -0.05) is 6.07 Å². The number of hydrogen-bond acceptors (Lipinski definition) is 5. The summed E-state index contributed by atoms with van der Waals surface area (Å²) in [5.74, 6) is 1.17. The van der Waals surface area contributed by atoms with Gasteiger partial charge in [-0.3, -0.25) is 0 Å². The summed E-state index contributed by atoms with van der Waals surface area (Å²) in [5.41, 5.74) is 6.35. The van der Waals surface area contributed by atoms with Crippen molar-refractivity contribution in [3.05, 3.63) is 24.5 Å². The third kappa shape index (κ3) is 2.79. The summed E-state index contributed by atoms with van der Waals surface area (Å²) in [6.07, 6.45) is 3.31. The number of unbranched alkanes of at least 4 members (excludes halogenated alkanes) is 1. The second-order valence-corrected chi connectivity index (χ2v) is 3.73. The van der Waals surface area contributed by atoms with Gasteiger partial charge in [0.25, 0.3) is 0 Å². The predicted octanol–water partition coefficient (Wildman–Crippen LogP) is 0.695. The minimum Gasteiger partial charge on any atom is -0.396 e. The van der Waals surface area contributed by atoms with E-state index in [1.807, 2.05) is 16.7 Å². The van der Waals surface area contributed by atoms with Gasteiger partial charge in [0.2, 0.25) is 0 Å². The molecule has 0 radical (unpaired) electrons. The topological polar surface area (TPSA) is 89.8 Å². The molecule has 3 N–H and O–H groups in total. The molecule has 0 saturated carbocycles. The minimum absolute atomic E-state index is 0.202. The lowest BCUT2D eigenvalue weighted by atomic mass is 10.3. The number of aliphatic hydroxyl groups excluding tert-OH is 1. The number of nitrogens with two attached hydrogens (primary N) is 1. The monoisotopic (exact) mass is 233 g/mol. The maximum Gasteiger partial charge on any atom is 0.182 e. The molecule has 0 aliphatic carbocycles. The molecule has 0 saturated heterocycles. The van der Waals surface area contributed by atoms with Crippen LogP contribution in [0, 0.1) is 0 Å². The third-order valence-electron chi connectivity index (χ3n) is 2.42. The standard InChI is InChI=1S/C11H15N5O/c12-10-5-3-4-9(14-10)11-15-13-8-16(11)6-1-2-7-17/h3-5,8,17H,1-2,6-7H2,(H2,12,14). The lowest BCUT2D eigenvalue weighted by Gasteiger charge is -2.05. The molecular formula is C11H15N5O. The van der Waals surface area contributed by atoms with Crippen LogP contribution in [0.1, 0.15) is 12.8 Å². The number of anilines is 1. The molecule has 0 atom stereocenters. The molecule has 0 aliphatic heterocycles. The zero-order valence-corrected chi connectivity index (χ0v) is 9.45. The Kier molecular flexibility index (Phi) is 3.66. The van der Waals surface area contributed by atoms with Crippen LogP contribution < -0.4 is 5.73 Å². The molecule has 0 bridgehead atoms. The molecule has 6 heteroatoms. The van der Waals surface area contributed by atoms with E-state index >= 15 is 0 Å². The van der Waals surface area contributed by atoms with E-state index in [4.69, 9.17) is 10.8 Å². The fourth-order valence-corrected chi connectivity index (χ4v) is 1.59. The largest absolute Gasteiger partial charge is 0.396 e. The molecule has 0 fully saturated rings. The molecule has 2 aromatic rings. The van der Waals surface area contributed by atoms with Crippen molar-refractivity contribution >= 4 is 5.82 Å². The average molecular weight is 233 g/mol. The summed E-state index contributed by atoms with van der Waals surface area (Å²) < 4.78 is 1.91. The van der Waals surface area contributed by atoms with Crippen molar-refractivity contribution in [2.75, 3.05) is 12.3 Å². The summed E-state index contributed by atoms with van der Waals surface area (Å²) in [6, 6.07) is 5.42. The van der Waals surface area contributed by atoms with Gasteiger partial charge < -0.3 is 15.4 Å². The normalized spacial score (nSPS) is 10.6. The van der Waals surface area contributed by atoms with Gasteiger partial charge in [0, 0.05) is 13.2 Å². The molecule has 0 unspecified atom stereocenters. The third-order valence-corrected chi connectivity index (χ3v) is 2.42. The van der Waals surface area contributed by atoms with Crippen molar-refractivity contribution in [3.63, 3.8) is 0 Å². The Bertz CT molecular complexity index is 482. The number of rotatable bonds is 5. The Morgan fingerprint density at radius 1 is 1.29 bits per heavy atom. The van der Waals surface area contributed by atoms with Gasteiger partial charge in [-0.2, -0.15) is 0 Å². The quantitative estimate of drug-likeness (QED) is 0.742. The van der Waals surface area contributed by atoms with Gasteiger partial charge in [0.15, 0.2) is 5.82 Å². The van der Waals surface area contributed by atoms with Crippen LogP contribution in [0.15, 0.2) is 24.5 Å². The summed E-state index contributed by atoms with van der Waals surface area (Å²) in [6.45, 7) is 0.966. The Hall–Kier alpha value is -1.95. The van der Waals surface area contributed by atoms with E-state index in [1.165, 1.54) is 0 Å². The fraction of sp³-hybridized carbons (Fsp3) is 0.364. The average Bonchev–Trinajstić information content (AvgIpc) is 2.78. The Labute approximate surface area is 99.1 Å². The first kappa shape index (κ1) is 11.5. The van der Waals surface area contributed by atoms with Gasteiger partial charge in [-0.15, -0.1) is 10.2 Å². The number of nitrogens with zero attached hydrogens (tertiary/aromatic N) is 4. The fourth-order valence-electron chi connectivity index (χ4n) is 1.59. The number of nitrogen functional groups attached to an aromatic ring is 1. The number of aromatic nitrogens is 4. The molecule has 6 nitrogen and oxygen atoms in total. The smallest absolute Gasteiger partial charge is 0.182 e. The Morgan fingerprint density at radius 3 is 2.94 bits per heavy atom. The van der Waals surface area contributed by atoms with Gasteiger partial charge in [-0.05, 0) is 25.0 Å². The molecule has 17 heavy (non-hydrogen) atoms. The Morgan fingerprint density at radius 2 is 2.18 bits per heavy atom. The summed E-state index contributed by atoms with van der Waals surface area (Å²) in [7, 11) is 0. The van der Waals surface area contributed by atoms with Crippen LogP contribution in [-0.4, -0.2) is 31.5 Å². The van der Waals surface area contributed by atoms with Gasteiger partial charge in [0.05, 0.1) is 0 Å². The molecule has 2 heterocycles. The van der Waals surface area contributed by atoms with E-state index in [1.54, 1.807) is 12.4 Å². The van der Waals surface area contributed by atoms with E-state index in [2.05, 4.69) is 15.2 Å². The minimum atomic E-state index is 0.202. The first-order valence-electron chi connectivity index (χ1n) is 5.53. The number of aryl methyl sites for hydroxylation is 1. The van der Waals surface area contributed by atoms with Gasteiger partial charge in [-0.25, -0.2) is 4.98 Å². The van der Waals surface area contributed by atoms with Crippen molar-refractivity contribution in [3.8, 4) is 11.5 Å². The van der Waals surface area contributed by atoms with Crippen LogP contribution in [0.25, 0.3) is 11.5 Å². The second-order valence-electron chi connectivity index (χ2n) is 3.73. The first-order valence-corrected chi connectivity index (χ1v) is 5.53. The SMILES string of the molecule is Nc1cccc(-c2nncn2CCCCO)n1. The Balaban J connectivity index is 2.18. The second kappa shape index (κ2) is 5.40. The van der Waals surface area contributed by atoms with Crippen LogP contribution in [-0.2, 0) is 6.54 Å². The predicted molar refractivity (Wildman–Crippen MR) is 64.0 cm³/mol. The molecule has 2 aromatic heterocycles. The summed E-state index contributed by atoms with van der Waals surface area (Å²) in [5, 5.41) is 16.7. The highest BCUT2D eigenvalue weighted by Crippen LogP contribution is 2.15. The van der Waals surface area contributed by atoms with Crippen molar-refractivity contribution < 1.29 is 5.11 Å². The summed E-state index contributed by atoms with van der Waals surface area (Å²) >= 11 is 0. The highest BCUT2D eigenvalue weighted by atomic mass is 16.2. The lowest BCUT2D eigenvalue weighted by Crippen LogP contribution is -2.02. The number of pyridine rings is 1. The molecule has 0 aliphatic rings. The first-order chi connectivity index (χ1) is 8.31. The highest BCUT2D eigenvalue weighted by Gasteiger charge is 2.08. The van der Waals surface area contributed by atoms with E-state index in [0.717, 1.165) is 19.4 Å². The van der Waals surface area contributed by atoms with Crippen LogP contribution in [0.3, 0.4) is 0 Å². The molecular weight excluding hydrogens is 218 g/mol. The van der Waals surface area contributed by atoms with Crippen LogP contribution in [0.4, 0.5) is 5.82 Å². The maximum atomic E-state index is 8.75. The van der Waals surface area contributed by atoms with Gasteiger partial charge >= 0.3 is 0 Å². The van der Waals surface area contributed by atoms with Crippen molar-refractivity contribution in [2.24, 2.45) is 0 Å². The van der Waals surface area contributed by atoms with Crippen LogP contribution >= 0.6 is 0 Å². The molecule has 2 rings (SSSR count). The highest BCUT2D eigenvalue weighted by molar-refractivity contribution is 5.52.